The Kier molecular flexibility index (Phi) is 4.55. The maximum absolute atomic E-state index is 12.1. The molecule has 0 spiro atoms. The topological polar surface area (TPSA) is 82.2 Å². The van der Waals surface area contributed by atoms with Crippen LogP contribution in [0.3, 0.4) is 0 Å². The Morgan fingerprint density at radius 1 is 1.19 bits per heavy atom. The minimum absolute atomic E-state index is 0.00935. The van der Waals surface area contributed by atoms with E-state index in [0.717, 1.165) is 16.8 Å². The number of aryl methyl sites for hydroxylation is 2. The second-order valence-corrected chi connectivity index (χ2v) is 5.00. The van der Waals surface area contributed by atoms with Crippen molar-refractivity contribution in [2.75, 3.05) is 0 Å². The summed E-state index contributed by atoms with van der Waals surface area (Å²) < 4.78 is 0. The van der Waals surface area contributed by atoms with E-state index in [1.165, 1.54) is 0 Å². The summed E-state index contributed by atoms with van der Waals surface area (Å²) in [6.07, 6.45) is 0. The van der Waals surface area contributed by atoms with Gasteiger partial charge in [0.05, 0.1) is 6.61 Å². The van der Waals surface area contributed by atoms with Crippen molar-refractivity contribution < 1.29 is 9.90 Å². The third-order valence-corrected chi connectivity index (χ3v) is 3.25. The molecule has 1 aromatic heterocycles. The quantitative estimate of drug-likeness (QED) is 0.795. The van der Waals surface area contributed by atoms with Crippen LogP contribution < -0.4 is 10.9 Å². The fourth-order valence-electron chi connectivity index (χ4n) is 2.17. The van der Waals surface area contributed by atoms with Crippen LogP contribution in [0.1, 0.15) is 32.7 Å². The number of rotatable bonds is 4. The van der Waals surface area contributed by atoms with E-state index in [2.05, 4.69) is 10.3 Å². The highest BCUT2D eigenvalue weighted by atomic mass is 16.3. The monoisotopic (exact) mass is 286 g/mol. The molecule has 2 aromatic rings. The number of nitrogens with one attached hydrogen (secondary N) is 2. The van der Waals surface area contributed by atoms with Gasteiger partial charge in [-0.3, -0.25) is 9.59 Å². The molecule has 110 valence electrons. The van der Waals surface area contributed by atoms with Crippen molar-refractivity contribution in [3.63, 3.8) is 0 Å². The molecule has 3 N–H and O–H groups in total. The molecular formula is C16H18N2O3. The molecule has 0 atom stereocenters. The highest BCUT2D eigenvalue weighted by Gasteiger charge is 2.13. The van der Waals surface area contributed by atoms with Crippen LogP contribution in [-0.2, 0) is 13.2 Å². The summed E-state index contributed by atoms with van der Waals surface area (Å²) >= 11 is 0. The van der Waals surface area contributed by atoms with Crippen LogP contribution in [0.2, 0.25) is 0 Å². The van der Waals surface area contributed by atoms with Crippen molar-refractivity contribution in [3.05, 3.63) is 68.6 Å². The molecule has 0 saturated heterocycles. The first kappa shape index (κ1) is 15.0. The van der Waals surface area contributed by atoms with Gasteiger partial charge in [0.2, 0.25) is 0 Å². The van der Waals surface area contributed by atoms with Crippen LogP contribution in [0, 0.1) is 13.8 Å². The predicted octanol–water partition coefficient (Wildman–Crippen LogP) is 1.41. The van der Waals surface area contributed by atoms with Crippen molar-refractivity contribution >= 4 is 5.91 Å². The van der Waals surface area contributed by atoms with Crippen LogP contribution in [0.25, 0.3) is 0 Å². The third-order valence-electron chi connectivity index (χ3n) is 3.25. The number of benzene rings is 1. The Morgan fingerprint density at radius 2 is 1.81 bits per heavy atom. The fraction of sp³-hybridized carbons (Fsp3) is 0.250. The summed E-state index contributed by atoms with van der Waals surface area (Å²) in [6.45, 7) is 3.84. The van der Waals surface area contributed by atoms with Gasteiger partial charge in [0.25, 0.3) is 11.5 Å². The maximum Gasteiger partial charge on any atom is 0.261 e. The van der Waals surface area contributed by atoms with E-state index in [1.54, 1.807) is 32.0 Å². The van der Waals surface area contributed by atoms with Crippen LogP contribution in [0.4, 0.5) is 0 Å². The van der Waals surface area contributed by atoms with Crippen molar-refractivity contribution in [2.24, 2.45) is 0 Å². The molecule has 1 aromatic carbocycles. The highest BCUT2D eigenvalue weighted by molar-refractivity contribution is 5.95. The SMILES string of the molecule is Cc1cc(C)c(C(=O)NCc2ccc(CO)cc2)c(=O)[nH]1. The van der Waals surface area contributed by atoms with E-state index < -0.39 is 0 Å². The molecule has 1 amide bonds. The number of aliphatic hydroxyl groups is 1. The predicted molar refractivity (Wildman–Crippen MR) is 80.1 cm³/mol. The number of aromatic nitrogens is 1. The van der Waals surface area contributed by atoms with E-state index in [1.807, 2.05) is 12.1 Å². The number of hydrogen-bond acceptors (Lipinski definition) is 3. The lowest BCUT2D eigenvalue weighted by molar-refractivity contribution is 0.0948. The van der Waals surface area contributed by atoms with Gasteiger partial charge in [-0.05, 0) is 36.6 Å². The summed E-state index contributed by atoms with van der Waals surface area (Å²) in [5, 5.41) is 11.7. The number of pyridine rings is 1. The summed E-state index contributed by atoms with van der Waals surface area (Å²) in [5.74, 6) is -0.389. The van der Waals surface area contributed by atoms with E-state index in [0.29, 0.717) is 12.1 Å². The lowest BCUT2D eigenvalue weighted by Crippen LogP contribution is -2.30. The minimum Gasteiger partial charge on any atom is -0.392 e. The first-order valence-corrected chi connectivity index (χ1v) is 6.68. The molecule has 1 heterocycles. The Labute approximate surface area is 122 Å². The summed E-state index contributed by atoms with van der Waals surface area (Å²) in [6, 6.07) is 9.03. The molecule has 0 radical (unpaired) electrons. The van der Waals surface area contributed by atoms with Crippen LogP contribution in [-0.4, -0.2) is 16.0 Å². The Hall–Kier alpha value is -2.40. The average molecular weight is 286 g/mol. The van der Waals surface area contributed by atoms with Crippen molar-refractivity contribution in [3.8, 4) is 0 Å². The van der Waals surface area contributed by atoms with Crippen LogP contribution in [0.5, 0.6) is 0 Å². The molecule has 0 saturated carbocycles. The van der Waals surface area contributed by atoms with Gasteiger partial charge in [0, 0.05) is 12.2 Å². The lowest BCUT2D eigenvalue weighted by atomic mass is 10.1. The summed E-state index contributed by atoms with van der Waals surface area (Å²) in [4.78, 5) is 26.6. The first-order valence-electron chi connectivity index (χ1n) is 6.68. The van der Waals surface area contributed by atoms with Crippen molar-refractivity contribution in [2.45, 2.75) is 27.0 Å². The van der Waals surface area contributed by atoms with E-state index >= 15 is 0 Å². The van der Waals surface area contributed by atoms with Gasteiger partial charge in [0.15, 0.2) is 0 Å². The van der Waals surface area contributed by atoms with E-state index in [-0.39, 0.29) is 23.6 Å². The van der Waals surface area contributed by atoms with Crippen LogP contribution >= 0.6 is 0 Å². The van der Waals surface area contributed by atoms with E-state index in [4.69, 9.17) is 5.11 Å². The Bertz CT molecular complexity index is 702. The van der Waals surface area contributed by atoms with Gasteiger partial charge in [0.1, 0.15) is 5.56 Å². The van der Waals surface area contributed by atoms with Gasteiger partial charge < -0.3 is 15.4 Å². The van der Waals surface area contributed by atoms with Gasteiger partial charge in [-0.25, -0.2) is 0 Å². The Balaban J connectivity index is 2.10. The number of H-pyrrole nitrogens is 1. The average Bonchev–Trinajstić information content (AvgIpc) is 2.44. The molecular weight excluding hydrogens is 268 g/mol. The molecule has 2 rings (SSSR count). The van der Waals surface area contributed by atoms with Crippen LogP contribution in [0.15, 0.2) is 35.1 Å². The number of carbonyl (C=O) groups excluding carboxylic acids is 1. The van der Waals surface area contributed by atoms with Gasteiger partial charge in [-0.1, -0.05) is 24.3 Å². The standard InChI is InChI=1S/C16H18N2O3/c1-10-7-11(2)18-16(21)14(10)15(20)17-8-12-3-5-13(9-19)6-4-12/h3-7,19H,8-9H2,1-2H3,(H,17,20)(H,18,21). The third kappa shape index (κ3) is 3.58. The van der Waals surface area contributed by atoms with Crippen molar-refractivity contribution in [1.82, 2.24) is 10.3 Å². The van der Waals surface area contributed by atoms with E-state index in [9.17, 15) is 9.59 Å². The minimum atomic E-state index is -0.389. The summed E-state index contributed by atoms with van der Waals surface area (Å²) in [7, 11) is 0. The van der Waals surface area contributed by atoms with Gasteiger partial charge in [-0.15, -0.1) is 0 Å². The summed E-state index contributed by atoms with van der Waals surface area (Å²) in [5.41, 5.74) is 2.88. The zero-order chi connectivity index (χ0) is 15.4. The zero-order valence-corrected chi connectivity index (χ0v) is 12.1. The smallest absolute Gasteiger partial charge is 0.261 e. The molecule has 0 unspecified atom stereocenters. The fourth-order valence-corrected chi connectivity index (χ4v) is 2.17. The number of aromatic amines is 1. The molecule has 0 aliphatic rings. The number of carbonyl (C=O) groups is 1. The number of hydrogen-bond donors (Lipinski definition) is 3. The Morgan fingerprint density at radius 3 is 2.38 bits per heavy atom. The maximum atomic E-state index is 12.1. The van der Waals surface area contributed by atoms with Crippen molar-refractivity contribution in [1.29, 1.82) is 0 Å². The zero-order valence-electron chi connectivity index (χ0n) is 12.1. The first-order chi connectivity index (χ1) is 10.0. The molecule has 0 fully saturated rings. The number of amides is 1. The molecule has 21 heavy (non-hydrogen) atoms. The molecule has 0 aliphatic carbocycles. The second kappa shape index (κ2) is 6.37. The normalized spacial score (nSPS) is 10.4. The largest absolute Gasteiger partial charge is 0.392 e. The molecule has 0 bridgehead atoms. The molecule has 5 nitrogen and oxygen atoms in total. The van der Waals surface area contributed by atoms with Gasteiger partial charge >= 0.3 is 0 Å². The second-order valence-electron chi connectivity index (χ2n) is 5.00. The molecule has 0 aliphatic heterocycles. The highest BCUT2D eigenvalue weighted by Crippen LogP contribution is 2.06. The number of aliphatic hydroxyl groups excluding tert-OH is 1. The lowest BCUT2D eigenvalue weighted by Gasteiger charge is -2.08. The van der Waals surface area contributed by atoms with Gasteiger partial charge in [-0.2, -0.15) is 0 Å². The molecule has 5 heteroatoms.